The maximum atomic E-state index is 13.5. The summed E-state index contributed by atoms with van der Waals surface area (Å²) in [5.74, 6) is -0.296. The van der Waals surface area contributed by atoms with Crippen LogP contribution in [0.5, 0.6) is 0 Å². The Kier molecular flexibility index (Phi) is 7.48. The molecule has 1 saturated heterocycles. The molecule has 1 unspecified atom stereocenters. The van der Waals surface area contributed by atoms with Gasteiger partial charge in [0.25, 0.3) is 0 Å². The number of amidine groups is 1. The molecule has 0 radical (unpaired) electrons. The van der Waals surface area contributed by atoms with Crippen molar-refractivity contribution in [1.82, 2.24) is 14.7 Å². The first kappa shape index (κ1) is 25.3. The van der Waals surface area contributed by atoms with Crippen molar-refractivity contribution in [2.45, 2.75) is 26.3 Å². The molecule has 8 heteroatoms. The average Bonchev–Trinajstić information content (AvgIpc) is 3.31. The summed E-state index contributed by atoms with van der Waals surface area (Å²) in [5, 5.41) is 2.77. The zero-order chi connectivity index (χ0) is 25.9. The number of carbonyl (C=O) groups is 2. The van der Waals surface area contributed by atoms with Crippen molar-refractivity contribution >= 4 is 34.5 Å². The number of rotatable bonds is 6. The SMILES string of the molecule is CCOC(=O)C1=C(c2ccccc2)N=C2SC=C(CC(=O)N3CCN(C)CC3)N2C1c1ccc(C)cc1. The lowest BCUT2D eigenvalue weighted by molar-refractivity contribution is -0.139. The lowest BCUT2D eigenvalue weighted by Crippen LogP contribution is -2.47. The van der Waals surface area contributed by atoms with Gasteiger partial charge in [0.15, 0.2) is 5.17 Å². The van der Waals surface area contributed by atoms with Gasteiger partial charge in [-0.3, -0.25) is 4.79 Å². The lowest BCUT2D eigenvalue weighted by atomic mass is 9.91. The van der Waals surface area contributed by atoms with Gasteiger partial charge in [-0.1, -0.05) is 71.9 Å². The van der Waals surface area contributed by atoms with Gasteiger partial charge in [0.1, 0.15) is 0 Å². The van der Waals surface area contributed by atoms with Crippen LogP contribution < -0.4 is 0 Å². The summed E-state index contributed by atoms with van der Waals surface area (Å²) in [6, 6.07) is 17.5. The third-order valence-electron chi connectivity index (χ3n) is 6.93. The van der Waals surface area contributed by atoms with E-state index < -0.39 is 12.0 Å². The first-order valence-electron chi connectivity index (χ1n) is 12.7. The predicted molar refractivity (Wildman–Crippen MR) is 148 cm³/mol. The van der Waals surface area contributed by atoms with Crippen LogP contribution in [0.1, 0.15) is 36.1 Å². The second-order valence-electron chi connectivity index (χ2n) is 9.51. The van der Waals surface area contributed by atoms with Crippen LogP contribution in [0, 0.1) is 6.92 Å². The maximum Gasteiger partial charge on any atom is 0.338 e. The second-order valence-corrected chi connectivity index (χ2v) is 10.4. The molecule has 1 amide bonds. The van der Waals surface area contributed by atoms with Crippen LogP contribution in [0.15, 0.2) is 76.3 Å². The highest BCUT2D eigenvalue weighted by atomic mass is 32.2. The number of piperazine rings is 1. The summed E-state index contributed by atoms with van der Waals surface area (Å²) in [4.78, 5) is 38.1. The Morgan fingerprint density at radius 2 is 1.73 bits per heavy atom. The van der Waals surface area contributed by atoms with Crippen LogP contribution in [0.2, 0.25) is 0 Å². The number of ether oxygens (including phenoxy) is 1. The number of hydrogen-bond donors (Lipinski definition) is 0. The van der Waals surface area contributed by atoms with Crippen molar-refractivity contribution < 1.29 is 14.3 Å². The minimum absolute atomic E-state index is 0.0966. The van der Waals surface area contributed by atoms with E-state index in [4.69, 9.17) is 9.73 Å². The smallest absolute Gasteiger partial charge is 0.338 e. The van der Waals surface area contributed by atoms with Gasteiger partial charge < -0.3 is 19.4 Å². The van der Waals surface area contributed by atoms with Gasteiger partial charge in [0, 0.05) is 37.4 Å². The molecule has 0 N–H and O–H groups in total. The molecule has 0 aliphatic carbocycles. The van der Waals surface area contributed by atoms with Crippen LogP contribution in [0.4, 0.5) is 0 Å². The molecule has 2 aromatic carbocycles. The van der Waals surface area contributed by atoms with Gasteiger partial charge in [0.05, 0.1) is 30.3 Å². The molecule has 3 aliphatic heterocycles. The molecular formula is C29H32N4O3S. The number of aliphatic imine (C=N–C) groups is 1. The van der Waals surface area contributed by atoms with Crippen LogP contribution in [0.3, 0.4) is 0 Å². The fourth-order valence-electron chi connectivity index (χ4n) is 4.88. The van der Waals surface area contributed by atoms with E-state index in [0.29, 0.717) is 11.3 Å². The summed E-state index contributed by atoms with van der Waals surface area (Å²) in [6.45, 7) is 7.32. The normalized spacial score (nSPS) is 19.9. The summed E-state index contributed by atoms with van der Waals surface area (Å²) < 4.78 is 5.58. The summed E-state index contributed by atoms with van der Waals surface area (Å²) in [7, 11) is 2.08. The molecule has 0 spiro atoms. The Balaban J connectivity index is 1.57. The molecule has 37 heavy (non-hydrogen) atoms. The van der Waals surface area contributed by atoms with Crippen molar-refractivity contribution in [1.29, 1.82) is 0 Å². The summed E-state index contributed by atoms with van der Waals surface area (Å²) in [5.41, 5.74) is 4.90. The molecule has 7 nitrogen and oxygen atoms in total. The van der Waals surface area contributed by atoms with Gasteiger partial charge in [-0.2, -0.15) is 0 Å². The van der Waals surface area contributed by atoms with E-state index >= 15 is 0 Å². The molecule has 5 rings (SSSR count). The number of amides is 1. The number of likely N-dealkylation sites (N-methyl/N-ethyl adjacent to an activating group) is 1. The number of hydrogen-bond acceptors (Lipinski definition) is 7. The van der Waals surface area contributed by atoms with E-state index in [1.165, 1.54) is 11.8 Å². The summed E-state index contributed by atoms with van der Waals surface area (Å²) in [6.07, 6.45) is 0.259. The van der Waals surface area contributed by atoms with Crippen LogP contribution in [-0.2, 0) is 14.3 Å². The Labute approximate surface area is 222 Å². The van der Waals surface area contributed by atoms with Crippen LogP contribution in [-0.4, -0.2) is 71.6 Å². The molecule has 2 aromatic rings. The van der Waals surface area contributed by atoms with Crippen molar-refractivity contribution in [2.75, 3.05) is 39.8 Å². The monoisotopic (exact) mass is 516 g/mol. The molecule has 0 aromatic heterocycles. The van der Waals surface area contributed by atoms with Crippen molar-refractivity contribution in [3.63, 3.8) is 0 Å². The van der Waals surface area contributed by atoms with Crippen molar-refractivity contribution in [2.24, 2.45) is 4.99 Å². The third kappa shape index (κ3) is 5.22. The zero-order valence-corrected chi connectivity index (χ0v) is 22.3. The number of thioether (sulfide) groups is 1. The zero-order valence-electron chi connectivity index (χ0n) is 21.5. The highest BCUT2D eigenvalue weighted by molar-refractivity contribution is 8.16. The molecular weight excluding hydrogens is 484 g/mol. The number of nitrogens with zero attached hydrogens (tertiary/aromatic N) is 4. The van der Waals surface area contributed by atoms with Gasteiger partial charge in [-0.25, -0.2) is 9.79 Å². The topological polar surface area (TPSA) is 65.5 Å². The number of esters is 1. The van der Waals surface area contributed by atoms with Gasteiger partial charge in [-0.15, -0.1) is 0 Å². The largest absolute Gasteiger partial charge is 0.463 e. The number of benzene rings is 2. The molecule has 0 saturated carbocycles. The maximum absolute atomic E-state index is 13.5. The summed E-state index contributed by atoms with van der Waals surface area (Å²) >= 11 is 1.50. The molecule has 1 atom stereocenters. The Hall–Kier alpha value is -3.36. The van der Waals surface area contributed by atoms with E-state index in [2.05, 4.69) is 16.8 Å². The molecule has 3 heterocycles. The lowest BCUT2D eigenvalue weighted by Gasteiger charge is -2.38. The number of fused-ring (bicyclic) bond motifs is 1. The van der Waals surface area contributed by atoms with E-state index in [-0.39, 0.29) is 18.9 Å². The van der Waals surface area contributed by atoms with Crippen LogP contribution >= 0.6 is 11.8 Å². The fraction of sp³-hybridized carbons (Fsp3) is 0.345. The molecule has 0 bridgehead atoms. The molecule has 1 fully saturated rings. The highest BCUT2D eigenvalue weighted by Gasteiger charge is 2.42. The standard InChI is InChI=1S/C29H32N4O3S/c1-4-36-28(35)25-26(21-8-6-5-7-9-21)30-29-33(27(25)22-12-10-20(2)11-13-22)23(19-37-29)18-24(34)32-16-14-31(3)15-17-32/h5-13,19,27H,4,14-18H2,1-3H3. The van der Waals surface area contributed by atoms with Gasteiger partial charge in [0.2, 0.25) is 5.91 Å². The van der Waals surface area contributed by atoms with Crippen molar-refractivity contribution in [3.8, 4) is 0 Å². The quantitative estimate of drug-likeness (QED) is 0.529. The van der Waals surface area contributed by atoms with E-state index in [9.17, 15) is 9.59 Å². The Morgan fingerprint density at radius 1 is 1.03 bits per heavy atom. The van der Waals surface area contributed by atoms with Crippen molar-refractivity contribution in [3.05, 3.63) is 88.0 Å². The van der Waals surface area contributed by atoms with Gasteiger partial charge in [-0.05, 0) is 31.9 Å². The first-order chi connectivity index (χ1) is 18.0. The second kappa shape index (κ2) is 10.9. The number of carbonyl (C=O) groups excluding carboxylic acids is 2. The predicted octanol–water partition coefficient (Wildman–Crippen LogP) is 4.43. The Bertz CT molecular complexity index is 1260. The van der Waals surface area contributed by atoms with Gasteiger partial charge >= 0.3 is 5.97 Å². The minimum atomic E-state index is -0.455. The fourth-order valence-corrected chi connectivity index (χ4v) is 5.79. The highest BCUT2D eigenvalue weighted by Crippen LogP contribution is 2.47. The van der Waals surface area contributed by atoms with Crippen LogP contribution in [0.25, 0.3) is 5.70 Å². The molecule has 192 valence electrons. The van der Waals surface area contributed by atoms with E-state index in [1.54, 1.807) is 0 Å². The Morgan fingerprint density at radius 3 is 2.41 bits per heavy atom. The molecule has 3 aliphatic rings. The number of aryl methyl sites for hydroxylation is 1. The third-order valence-corrected chi connectivity index (χ3v) is 7.82. The first-order valence-corrected chi connectivity index (χ1v) is 13.6. The minimum Gasteiger partial charge on any atom is -0.463 e. The van der Waals surface area contributed by atoms with E-state index in [0.717, 1.165) is 53.7 Å². The average molecular weight is 517 g/mol. The van der Waals surface area contributed by atoms with E-state index in [1.807, 2.05) is 78.8 Å².